The molecule has 10 heteroatoms. The van der Waals surface area contributed by atoms with Crippen molar-refractivity contribution in [3.63, 3.8) is 0 Å². The maximum Gasteiger partial charge on any atom is 0.263 e. The minimum Gasteiger partial charge on any atom is -0.494 e. The Morgan fingerprint density at radius 3 is 2.47 bits per heavy atom. The van der Waals surface area contributed by atoms with E-state index in [9.17, 15) is 14.4 Å². The van der Waals surface area contributed by atoms with Gasteiger partial charge < -0.3 is 10.1 Å². The molecule has 1 fully saturated rings. The van der Waals surface area contributed by atoms with Gasteiger partial charge in [-0.1, -0.05) is 16.8 Å². The fourth-order valence-electron chi connectivity index (χ4n) is 3.35. The van der Waals surface area contributed by atoms with E-state index < -0.39 is 29.8 Å². The Bertz CT molecular complexity index is 1010. The summed E-state index contributed by atoms with van der Waals surface area (Å²) in [4.78, 5) is 39.2. The summed E-state index contributed by atoms with van der Waals surface area (Å²) in [6, 6.07) is 11.4. The van der Waals surface area contributed by atoms with Crippen LogP contribution in [0.15, 0.2) is 58.9 Å². The number of rotatable bonds is 6. The highest BCUT2D eigenvalue weighted by Gasteiger charge is 2.55. The number of anilines is 2. The van der Waals surface area contributed by atoms with Gasteiger partial charge in [0.2, 0.25) is 5.91 Å². The molecule has 3 amide bonds. The molecule has 2 atom stereocenters. The summed E-state index contributed by atoms with van der Waals surface area (Å²) in [6.45, 7) is 2.16. The third-order valence-corrected chi connectivity index (χ3v) is 4.95. The number of amides is 3. The van der Waals surface area contributed by atoms with Crippen LogP contribution in [0.3, 0.4) is 0 Å². The molecular weight excluding hydrogens is 410 g/mol. The lowest BCUT2D eigenvalue weighted by Crippen LogP contribution is -2.43. The van der Waals surface area contributed by atoms with Crippen LogP contribution in [0.1, 0.15) is 6.92 Å². The van der Waals surface area contributed by atoms with E-state index in [2.05, 4.69) is 15.7 Å². The summed E-state index contributed by atoms with van der Waals surface area (Å²) >= 11 is 5.84. The summed E-state index contributed by atoms with van der Waals surface area (Å²) < 4.78 is 5.39. The molecule has 30 heavy (non-hydrogen) atoms. The summed E-state index contributed by atoms with van der Waals surface area (Å²) in [5.41, 5.74) is 0.977. The van der Waals surface area contributed by atoms with Crippen LogP contribution in [0.4, 0.5) is 11.4 Å². The molecule has 0 unspecified atom stereocenters. The van der Waals surface area contributed by atoms with Crippen molar-refractivity contribution >= 4 is 40.7 Å². The zero-order valence-corrected chi connectivity index (χ0v) is 16.7. The number of halogens is 1. The normalized spacial score (nSPS) is 19.9. The number of carbonyl (C=O) groups is 3. The zero-order valence-electron chi connectivity index (χ0n) is 16.0. The quantitative estimate of drug-likeness (QED) is 0.714. The van der Waals surface area contributed by atoms with E-state index >= 15 is 0 Å². The lowest BCUT2D eigenvalue weighted by Gasteiger charge is -2.20. The highest BCUT2D eigenvalue weighted by Crippen LogP contribution is 2.32. The topological polar surface area (TPSA) is 104 Å². The Morgan fingerprint density at radius 1 is 1.10 bits per heavy atom. The molecular formula is C20H18ClN5O4. The first-order chi connectivity index (χ1) is 14.5. The predicted octanol–water partition coefficient (Wildman–Crippen LogP) is 2.67. The predicted molar refractivity (Wildman–Crippen MR) is 109 cm³/mol. The maximum atomic E-state index is 13.0. The van der Waals surface area contributed by atoms with Crippen LogP contribution in [0.5, 0.6) is 5.75 Å². The van der Waals surface area contributed by atoms with Crippen LogP contribution >= 0.6 is 11.6 Å². The Labute approximate surface area is 177 Å². The fourth-order valence-corrected chi connectivity index (χ4v) is 3.47. The molecule has 9 nitrogen and oxygen atoms in total. The molecule has 4 rings (SSSR count). The molecule has 2 aliphatic heterocycles. The number of fused-ring (bicyclic) bond motifs is 1. The van der Waals surface area contributed by atoms with Crippen molar-refractivity contribution < 1.29 is 19.1 Å². The highest BCUT2D eigenvalue weighted by molar-refractivity contribution is 6.30. The van der Waals surface area contributed by atoms with E-state index in [-0.39, 0.29) is 6.54 Å². The van der Waals surface area contributed by atoms with Gasteiger partial charge in [0.1, 0.15) is 12.3 Å². The van der Waals surface area contributed by atoms with Gasteiger partial charge in [-0.25, -0.2) is 4.90 Å². The van der Waals surface area contributed by atoms with Crippen molar-refractivity contribution in [2.24, 2.45) is 10.3 Å². The van der Waals surface area contributed by atoms with E-state index in [1.807, 2.05) is 6.92 Å². The summed E-state index contributed by atoms with van der Waals surface area (Å²) in [5, 5.41) is 12.3. The molecule has 0 aliphatic carbocycles. The standard InChI is InChI=1S/C20H18ClN5O4/c1-2-30-15-9-7-14(8-10-15)26-19(28)17-18(20(26)29)25(24-23-17)11-16(27)22-13-5-3-12(21)4-6-13/h3-10,17-18H,2,11H2,1H3,(H,22,27)/t17-,18+/m0/s1. The van der Waals surface area contributed by atoms with Crippen molar-refractivity contribution in [3.05, 3.63) is 53.6 Å². The van der Waals surface area contributed by atoms with E-state index in [0.717, 1.165) is 4.90 Å². The molecule has 1 saturated heterocycles. The molecule has 2 heterocycles. The van der Waals surface area contributed by atoms with Gasteiger partial charge in [0, 0.05) is 10.7 Å². The number of nitrogens with one attached hydrogen (secondary N) is 1. The van der Waals surface area contributed by atoms with Crippen LogP contribution < -0.4 is 15.0 Å². The first kappa shape index (κ1) is 19.8. The van der Waals surface area contributed by atoms with Crippen molar-refractivity contribution in [2.45, 2.75) is 19.0 Å². The van der Waals surface area contributed by atoms with Crippen LogP contribution in [0, 0.1) is 0 Å². The van der Waals surface area contributed by atoms with Gasteiger partial charge >= 0.3 is 0 Å². The van der Waals surface area contributed by atoms with Crippen LogP contribution in [0.25, 0.3) is 0 Å². The summed E-state index contributed by atoms with van der Waals surface area (Å²) in [6.07, 6.45) is 0. The summed E-state index contributed by atoms with van der Waals surface area (Å²) in [5.74, 6) is -0.700. The molecule has 1 N–H and O–H groups in total. The number of nitrogens with zero attached hydrogens (tertiary/aromatic N) is 4. The maximum absolute atomic E-state index is 13.0. The Morgan fingerprint density at radius 2 is 1.80 bits per heavy atom. The summed E-state index contributed by atoms with van der Waals surface area (Å²) in [7, 11) is 0. The van der Waals surface area contributed by atoms with Crippen LogP contribution in [-0.4, -0.2) is 48.0 Å². The molecule has 2 aromatic rings. The average molecular weight is 428 g/mol. The van der Waals surface area contributed by atoms with Gasteiger partial charge in [-0.2, -0.15) is 5.11 Å². The lowest BCUT2D eigenvalue weighted by molar-refractivity contribution is -0.123. The number of ether oxygens (including phenoxy) is 1. The Kier molecular flexibility index (Phi) is 5.37. The smallest absolute Gasteiger partial charge is 0.263 e. The van der Waals surface area contributed by atoms with Gasteiger partial charge in [-0.3, -0.25) is 19.4 Å². The van der Waals surface area contributed by atoms with Gasteiger partial charge in [-0.05, 0) is 55.5 Å². The highest BCUT2D eigenvalue weighted by atomic mass is 35.5. The Balaban J connectivity index is 1.46. The monoisotopic (exact) mass is 427 g/mol. The number of benzene rings is 2. The average Bonchev–Trinajstić information content (AvgIpc) is 3.24. The molecule has 0 radical (unpaired) electrons. The molecule has 2 aromatic carbocycles. The Hall–Kier alpha value is -3.46. The zero-order chi connectivity index (χ0) is 21.3. The van der Waals surface area contributed by atoms with Crippen molar-refractivity contribution in [3.8, 4) is 5.75 Å². The van der Waals surface area contributed by atoms with Gasteiger partial charge in [0.05, 0.1) is 12.3 Å². The van der Waals surface area contributed by atoms with Crippen LogP contribution in [0.2, 0.25) is 5.02 Å². The van der Waals surface area contributed by atoms with Crippen molar-refractivity contribution in [1.29, 1.82) is 0 Å². The fraction of sp³-hybridized carbons (Fsp3) is 0.250. The lowest BCUT2D eigenvalue weighted by atomic mass is 10.1. The molecule has 2 aliphatic rings. The number of carbonyl (C=O) groups excluding carboxylic acids is 3. The largest absolute Gasteiger partial charge is 0.494 e. The number of hydrogen-bond donors (Lipinski definition) is 1. The first-order valence-corrected chi connectivity index (χ1v) is 9.69. The molecule has 154 valence electrons. The minimum absolute atomic E-state index is 0.219. The van der Waals surface area contributed by atoms with E-state index in [1.165, 1.54) is 5.01 Å². The molecule has 0 bridgehead atoms. The van der Waals surface area contributed by atoms with Crippen molar-refractivity contribution in [2.75, 3.05) is 23.4 Å². The second kappa shape index (κ2) is 8.11. The van der Waals surface area contributed by atoms with Gasteiger partial charge in [-0.15, -0.1) is 0 Å². The molecule has 0 spiro atoms. The van der Waals surface area contributed by atoms with Crippen LogP contribution in [-0.2, 0) is 14.4 Å². The van der Waals surface area contributed by atoms with E-state index in [1.54, 1.807) is 48.5 Å². The SMILES string of the molecule is CCOc1ccc(N2C(=O)[C@H]3N=NN(CC(=O)Nc4ccc(Cl)cc4)[C@H]3C2=O)cc1. The van der Waals surface area contributed by atoms with Gasteiger partial charge in [0.25, 0.3) is 11.8 Å². The second-order valence-corrected chi connectivity index (χ2v) is 7.12. The number of hydrogen-bond acceptors (Lipinski definition) is 7. The van der Waals surface area contributed by atoms with Crippen molar-refractivity contribution in [1.82, 2.24) is 5.01 Å². The number of imide groups is 1. The third kappa shape index (κ3) is 3.71. The van der Waals surface area contributed by atoms with Gasteiger partial charge in [0.15, 0.2) is 12.1 Å². The first-order valence-electron chi connectivity index (χ1n) is 9.31. The molecule has 0 saturated carbocycles. The second-order valence-electron chi connectivity index (χ2n) is 6.69. The third-order valence-electron chi connectivity index (χ3n) is 4.70. The minimum atomic E-state index is -0.965. The van der Waals surface area contributed by atoms with E-state index in [4.69, 9.17) is 16.3 Å². The molecule has 0 aromatic heterocycles. The van der Waals surface area contributed by atoms with E-state index in [0.29, 0.717) is 28.8 Å².